The van der Waals surface area contributed by atoms with Crippen LogP contribution in [0.5, 0.6) is 0 Å². The van der Waals surface area contributed by atoms with Crippen LogP contribution in [0.4, 0.5) is 0 Å². The molecule has 0 aromatic rings. The van der Waals surface area contributed by atoms with Gasteiger partial charge in [-0.3, -0.25) is 4.79 Å². The number of rotatable bonds is 4. The highest BCUT2D eigenvalue weighted by Crippen LogP contribution is 2.15. The van der Waals surface area contributed by atoms with Crippen molar-refractivity contribution in [1.82, 2.24) is 0 Å². The number of thiol groups is 1. The van der Waals surface area contributed by atoms with E-state index in [1.54, 1.807) is 6.92 Å². The Morgan fingerprint density at radius 2 is 2.50 bits per heavy atom. The van der Waals surface area contributed by atoms with Crippen LogP contribution in [0.3, 0.4) is 0 Å². The van der Waals surface area contributed by atoms with E-state index in [2.05, 4.69) is 29.2 Å². The van der Waals surface area contributed by atoms with Gasteiger partial charge in [0.25, 0.3) is 0 Å². The van der Waals surface area contributed by atoms with Gasteiger partial charge in [-0.2, -0.15) is 12.6 Å². The molecule has 5 heteroatoms. The Labute approximate surface area is 72.6 Å². The van der Waals surface area contributed by atoms with Crippen molar-refractivity contribution in [2.45, 2.75) is 18.3 Å². The van der Waals surface area contributed by atoms with Crippen molar-refractivity contribution in [2.75, 3.05) is 6.61 Å². The molecule has 0 fully saturated rings. The maximum Gasteiger partial charge on any atom is 0.307 e. The molecule has 0 saturated carbocycles. The number of carbonyl (C=O) groups is 1. The zero-order chi connectivity index (χ0) is 7.98. The minimum absolute atomic E-state index is 0.0611. The predicted molar refractivity (Wildman–Crippen MR) is 48.3 cm³/mol. The summed E-state index contributed by atoms with van der Waals surface area (Å²) in [6.07, 6.45) is 0.308. The Bertz CT molecular complexity index is 129. The van der Waals surface area contributed by atoms with Gasteiger partial charge in [0.2, 0.25) is 0 Å². The molecule has 0 aliphatic carbocycles. The average Bonchev–Trinajstić information content (AvgIpc) is 1.88. The first kappa shape index (κ1) is 10.3. The summed E-state index contributed by atoms with van der Waals surface area (Å²) in [5.41, 5.74) is 0. The highest BCUT2D eigenvalue weighted by atomic mass is 32.4. The van der Waals surface area contributed by atoms with Crippen LogP contribution in [0.25, 0.3) is 0 Å². The van der Waals surface area contributed by atoms with Gasteiger partial charge < -0.3 is 4.74 Å². The molecule has 0 rings (SSSR count). The monoisotopic (exact) mass is 196 g/mol. The third-order valence-corrected chi connectivity index (χ3v) is 2.96. The smallest absolute Gasteiger partial charge is 0.307 e. The lowest BCUT2D eigenvalue weighted by Crippen LogP contribution is -2.07. The van der Waals surface area contributed by atoms with Crippen LogP contribution in [-0.4, -0.2) is 17.6 Å². The average molecular weight is 196 g/mol. The second-order valence-electron chi connectivity index (χ2n) is 1.60. The fourth-order valence-corrected chi connectivity index (χ4v) is 1.00. The normalized spacial score (nSPS) is 13.0. The Kier molecular flexibility index (Phi) is 6.28. The van der Waals surface area contributed by atoms with Gasteiger partial charge in [0, 0.05) is 0 Å². The fourth-order valence-electron chi connectivity index (χ4n) is 0.406. The van der Waals surface area contributed by atoms with E-state index < -0.39 is 0 Å². The van der Waals surface area contributed by atoms with Crippen LogP contribution in [-0.2, 0) is 21.3 Å². The lowest BCUT2D eigenvalue weighted by Gasteiger charge is -2.01. The molecule has 0 heterocycles. The summed E-state index contributed by atoms with van der Waals surface area (Å²) in [6.45, 7) is 2.20. The van der Waals surface area contributed by atoms with Crippen molar-refractivity contribution in [1.29, 1.82) is 0 Å². The summed E-state index contributed by atoms with van der Waals surface area (Å²) in [5.74, 6) is -0.222. The molecule has 58 valence electrons. The Hall–Kier alpha value is 0.340. The lowest BCUT2D eigenvalue weighted by atomic mass is 10.5. The summed E-state index contributed by atoms with van der Waals surface area (Å²) in [5, 5.41) is 0. The van der Waals surface area contributed by atoms with Crippen LogP contribution < -0.4 is 0 Å². The van der Waals surface area contributed by atoms with Crippen molar-refractivity contribution < 1.29 is 9.53 Å². The maximum atomic E-state index is 10.7. The number of ether oxygens (including phenoxy) is 1. The van der Waals surface area contributed by atoms with Gasteiger partial charge in [0.15, 0.2) is 0 Å². The van der Waals surface area contributed by atoms with Gasteiger partial charge in [-0.25, -0.2) is 0 Å². The first-order chi connectivity index (χ1) is 4.70. The molecule has 0 saturated heterocycles. The summed E-state index contributed by atoms with van der Waals surface area (Å²) in [4.78, 5) is 10.6. The van der Waals surface area contributed by atoms with Gasteiger partial charge >= 0.3 is 5.97 Å². The summed E-state index contributed by atoms with van der Waals surface area (Å²) < 4.78 is 4.68. The van der Waals surface area contributed by atoms with Gasteiger partial charge in [0.1, 0.15) is 0 Å². The molecular weight excluding hydrogens is 187 g/mol. The molecule has 2 nitrogen and oxygen atoms in total. The maximum absolute atomic E-state index is 10.7. The molecule has 0 bridgehead atoms. The van der Waals surface area contributed by atoms with E-state index >= 15 is 0 Å². The highest BCUT2D eigenvalue weighted by Gasteiger charge is 2.07. The molecular formula is C5H9O2PS2. The summed E-state index contributed by atoms with van der Waals surface area (Å²) in [6, 6.07) is 0. The third-order valence-electron chi connectivity index (χ3n) is 0.776. The van der Waals surface area contributed by atoms with Crippen molar-refractivity contribution in [3.05, 3.63) is 0 Å². The number of esters is 1. The summed E-state index contributed by atoms with van der Waals surface area (Å²) in [7, 11) is 0.701. The van der Waals surface area contributed by atoms with Crippen molar-refractivity contribution >= 4 is 37.8 Å². The van der Waals surface area contributed by atoms with E-state index in [1.165, 1.54) is 0 Å². The Morgan fingerprint density at radius 1 is 1.90 bits per heavy atom. The standard InChI is InChI=1S/C5H9O2PS2/c1-2-7-4(6)3-5(9)8-10/h5,9H,2-3H2,1H3. The van der Waals surface area contributed by atoms with Crippen LogP contribution in [0.1, 0.15) is 13.3 Å². The first-order valence-corrected chi connectivity index (χ1v) is 5.36. The van der Waals surface area contributed by atoms with E-state index in [0.717, 1.165) is 0 Å². The van der Waals surface area contributed by atoms with Gasteiger partial charge in [-0.15, -0.1) is 0 Å². The zero-order valence-corrected chi connectivity index (χ0v) is 8.22. The zero-order valence-electron chi connectivity index (χ0n) is 5.61. The third kappa shape index (κ3) is 5.15. The van der Waals surface area contributed by atoms with E-state index in [1.807, 2.05) is 0 Å². The van der Waals surface area contributed by atoms with E-state index in [0.29, 0.717) is 20.4 Å². The Balaban J connectivity index is 3.46. The van der Waals surface area contributed by atoms with Gasteiger partial charge in [0.05, 0.1) is 18.0 Å². The van der Waals surface area contributed by atoms with E-state index in [-0.39, 0.29) is 11.0 Å². The number of hydrogen-bond donors (Lipinski definition) is 1. The molecule has 0 aliphatic heterocycles. The molecule has 1 atom stereocenters. The summed E-state index contributed by atoms with van der Waals surface area (Å²) >= 11 is 8.71. The molecule has 10 heavy (non-hydrogen) atoms. The second kappa shape index (κ2) is 6.08. The highest BCUT2D eigenvalue weighted by molar-refractivity contribution is 8.03. The molecule has 0 aliphatic rings. The topological polar surface area (TPSA) is 26.3 Å². The van der Waals surface area contributed by atoms with Gasteiger partial charge in [-0.05, 0) is 14.3 Å². The predicted octanol–water partition coefficient (Wildman–Crippen LogP) is 1.60. The number of carbonyl (C=O) groups excluding carboxylic acids is 1. The van der Waals surface area contributed by atoms with Crippen molar-refractivity contribution in [3.8, 4) is 0 Å². The molecule has 0 aromatic heterocycles. The van der Waals surface area contributed by atoms with Crippen LogP contribution in [0.15, 0.2) is 0 Å². The second-order valence-corrected chi connectivity index (χ2v) is 4.09. The van der Waals surface area contributed by atoms with Crippen LogP contribution in [0.2, 0.25) is 0 Å². The lowest BCUT2D eigenvalue weighted by molar-refractivity contribution is -0.142. The molecule has 0 N–H and O–H groups in total. The Morgan fingerprint density at radius 3 is 2.90 bits per heavy atom. The van der Waals surface area contributed by atoms with Crippen molar-refractivity contribution in [2.24, 2.45) is 0 Å². The molecule has 0 aromatic carbocycles. The van der Waals surface area contributed by atoms with Gasteiger partial charge in [-0.1, -0.05) is 11.8 Å². The quantitative estimate of drug-likeness (QED) is 0.420. The number of hydrogen-bond acceptors (Lipinski definition) is 4. The molecule has 1 unspecified atom stereocenters. The largest absolute Gasteiger partial charge is 0.466 e. The first-order valence-electron chi connectivity index (χ1n) is 2.86. The molecule has 0 spiro atoms. The van der Waals surface area contributed by atoms with Crippen LogP contribution in [0, 0.1) is 0 Å². The SMILES string of the molecule is CCOC(=O)CC(S)P=S. The fraction of sp³-hybridized carbons (Fsp3) is 0.800. The van der Waals surface area contributed by atoms with E-state index in [9.17, 15) is 4.79 Å². The minimum atomic E-state index is -0.222. The van der Waals surface area contributed by atoms with Crippen molar-refractivity contribution in [3.63, 3.8) is 0 Å². The van der Waals surface area contributed by atoms with Crippen LogP contribution >= 0.6 is 20.0 Å². The van der Waals surface area contributed by atoms with E-state index in [4.69, 9.17) is 0 Å². The molecule has 0 amide bonds. The minimum Gasteiger partial charge on any atom is -0.466 e. The molecule has 0 radical (unpaired) electrons.